The normalized spacial score (nSPS) is 10.6. The minimum atomic E-state index is -2.16. The van der Waals surface area contributed by atoms with Crippen LogP contribution in [0.4, 0.5) is 14.1 Å². The molecule has 29 heavy (non-hydrogen) atoms. The summed E-state index contributed by atoms with van der Waals surface area (Å²) in [4.78, 5) is 0. The summed E-state index contributed by atoms with van der Waals surface area (Å²) in [5.74, 6) is 0. The molecule has 0 aliphatic rings. The molecule has 0 amide bonds. The third-order valence-electron chi connectivity index (χ3n) is 5.11. The van der Waals surface area contributed by atoms with Crippen molar-refractivity contribution in [2.75, 3.05) is 0 Å². The Bertz CT molecular complexity index is 850. The van der Waals surface area contributed by atoms with Gasteiger partial charge in [0.05, 0.1) is 0 Å². The summed E-state index contributed by atoms with van der Waals surface area (Å²) in [5, 5.41) is 4.38. The molecular formula is C25H26F3P. The van der Waals surface area contributed by atoms with Crippen molar-refractivity contribution >= 4 is 23.2 Å². The Morgan fingerprint density at radius 1 is 0.379 bits per heavy atom. The molecule has 0 nitrogen and oxygen atoms in total. The molecule has 0 saturated heterocycles. The van der Waals surface area contributed by atoms with Crippen LogP contribution in [0, 0.1) is 0 Å². The van der Waals surface area contributed by atoms with Crippen molar-refractivity contribution in [3.8, 4) is 0 Å². The first-order valence-corrected chi connectivity index (χ1v) is 11.3. The van der Waals surface area contributed by atoms with Crippen LogP contribution in [0.5, 0.6) is 0 Å². The third-order valence-corrected chi connectivity index (χ3v) is 10.0. The Hall–Kier alpha value is -2.90. The molecule has 0 saturated carbocycles. The summed E-state index contributed by atoms with van der Waals surface area (Å²) < 4.78 is 0. The van der Waals surface area contributed by atoms with Gasteiger partial charge in [-0.15, -0.1) is 0 Å². The van der Waals surface area contributed by atoms with Crippen molar-refractivity contribution in [1.82, 2.24) is 0 Å². The van der Waals surface area contributed by atoms with E-state index < -0.39 is 7.26 Å². The van der Waals surface area contributed by atoms with Crippen LogP contribution in [0.15, 0.2) is 121 Å². The molecule has 0 atom stereocenters. The zero-order valence-corrected chi connectivity index (χ0v) is 17.0. The van der Waals surface area contributed by atoms with E-state index in [0.29, 0.717) is 0 Å². The van der Waals surface area contributed by atoms with Crippen LogP contribution in [0.2, 0.25) is 0 Å². The molecule has 4 rings (SSSR count). The molecule has 0 aliphatic heterocycles. The van der Waals surface area contributed by atoms with Crippen LogP contribution in [0.3, 0.4) is 0 Å². The third kappa shape index (κ3) is 4.93. The fourth-order valence-corrected chi connectivity index (χ4v) is 8.62. The summed E-state index contributed by atoms with van der Waals surface area (Å²) in [6.07, 6.45) is 1.06. The van der Waals surface area contributed by atoms with Gasteiger partial charge in [-0.1, -0.05) is 0 Å². The first-order valence-electron chi connectivity index (χ1n) is 9.10. The molecule has 0 aliphatic carbocycles. The number of benzene rings is 4. The SMILES string of the molecule is F.F.F.c1ccc(C[PH](c2ccccc2)(c2ccccc2)c2ccccc2)cc1. The van der Waals surface area contributed by atoms with Gasteiger partial charge in [-0.2, -0.15) is 0 Å². The molecule has 0 spiro atoms. The molecule has 4 heteroatoms. The second-order valence-electron chi connectivity index (χ2n) is 6.67. The summed E-state index contributed by atoms with van der Waals surface area (Å²) in [7, 11) is -2.16. The predicted octanol–water partition coefficient (Wildman–Crippen LogP) is 5.37. The molecule has 4 aromatic carbocycles. The Balaban J connectivity index is 0.00000140. The van der Waals surface area contributed by atoms with E-state index in [1.54, 1.807) is 0 Å². The number of halogens is 3. The van der Waals surface area contributed by atoms with Gasteiger partial charge in [-0.3, -0.25) is 14.1 Å². The second-order valence-corrected chi connectivity index (χ2v) is 10.6. The van der Waals surface area contributed by atoms with Gasteiger partial charge in [0.1, 0.15) is 0 Å². The Labute approximate surface area is 170 Å². The summed E-state index contributed by atoms with van der Waals surface area (Å²) >= 11 is 0. The van der Waals surface area contributed by atoms with Gasteiger partial charge < -0.3 is 0 Å². The fourth-order valence-electron chi connectivity index (χ4n) is 3.88. The molecular weight excluding hydrogens is 388 g/mol. The molecule has 0 heterocycles. The summed E-state index contributed by atoms with van der Waals surface area (Å²) in [5.41, 5.74) is 1.40. The fraction of sp³-hybridized carbons (Fsp3) is 0.0400. The number of rotatable bonds is 5. The zero-order chi connectivity index (χ0) is 17.7. The Morgan fingerprint density at radius 2 is 0.655 bits per heavy atom. The molecule has 0 fully saturated rings. The minimum absolute atomic E-state index is 0. The number of hydrogen-bond donors (Lipinski definition) is 0. The molecule has 0 aromatic heterocycles. The monoisotopic (exact) mass is 414 g/mol. The molecule has 0 unspecified atom stereocenters. The van der Waals surface area contributed by atoms with Crippen LogP contribution in [-0.4, -0.2) is 0 Å². The van der Waals surface area contributed by atoms with Crippen molar-refractivity contribution in [1.29, 1.82) is 0 Å². The van der Waals surface area contributed by atoms with Crippen molar-refractivity contribution in [2.24, 2.45) is 0 Å². The van der Waals surface area contributed by atoms with Crippen LogP contribution in [0.1, 0.15) is 5.56 Å². The van der Waals surface area contributed by atoms with Gasteiger partial charge in [0.15, 0.2) is 0 Å². The van der Waals surface area contributed by atoms with Crippen molar-refractivity contribution in [3.05, 3.63) is 127 Å². The van der Waals surface area contributed by atoms with Gasteiger partial charge in [-0.05, 0) is 0 Å². The topological polar surface area (TPSA) is 0 Å². The maximum absolute atomic E-state index is 2.31. The summed E-state index contributed by atoms with van der Waals surface area (Å²) in [6, 6.07) is 44.2. The van der Waals surface area contributed by atoms with Gasteiger partial charge >= 0.3 is 156 Å². The van der Waals surface area contributed by atoms with Crippen LogP contribution in [0.25, 0.3) is 0 Å². The predicted molar refractivity (Wildman–Crippen MR) is 124 cm³/mol. The zero-order valence-electron chi connectivity index (χ0n) is 16.0. The van der Waals surface area contributed by atoms with E-state index in [1.807, 2.05) is 0 Å². The molecule has 0 bridgehead atoms. The van der Waals surface area contributed by atoms with E-state index in [1.165, 1.54) is 21.5 Å². The second kappa shape index (κ2) is 11.2. The molecule has 4 aromatic rings. The van der Waals surface area contributed by atoms with E-state index in [9.17, 15) is 0 Å². The van der Waals surface area contributed by atoms with Gasteiger partial charge in [0.2, 0.25) is 0 Å². The molecule has 0 N–H and O–H groups in total. The van der Waals surface area contributed by atoms with Gasteiger partial charge in [0.25, 0.3) is 0 Å². The van der Waals surface area contributed by atoms with Gasteiger partial charge in [0, 0.05) is 0 Å². The molecule has 152 valence electrons. The first kappa shape index (κ1) is 24.1. The molecule has 0 radical (unpaired) electrons. The standard InChI is InChI=1S/C25H23P.3FH/c1-5-13-22(14-6-1)21-26(23-15-7-2-8-16-23,24-17-9-3-10-18-24)25-19-11-4-12-20-25;;;/h1-20,26H,21H2;3*1H. The van der Waals surface area contributed by atoms with Gasteiger partial charge in [-0.25, -0.2) is 0 Å². The Morgan fingerprint density at radius 3 is 0.966 bits per heavy atom. The van der Waals surface area contributed by atoms with Crippen molar-refractivity contribution in [3.63, 3.8) is 0 Å². The van der Waals surface area contributed by atoms with Crippen LogP contribution >= 0.6 is 7.26 Å². The summed E-state index contributed by atoms with van der Waals surface area (Å²) in [6.45, 7) is 0. The number of hydrogen-bond acceptors (Lipinski definition) is 0. The Kier molecular flexibility index (Phi) is 9.31. The average Bonchev–Trinajstić information content (AvgIpc) is 2.75. The average molecular weight is 414 g/mol. The van der Waals surface area contributed by atoms with E-state index >= 15 is 0 Å². The van der Waals surface area contributed by atoms with E-state index in [-0.39, 0.29) is 14.1 Å². The van der Waals surface area contributed by atoms with Crippen molar-refractivity contribution < 1.29 is 14.1 Å². The maximum atomic E-state index is 2.31. The van der Waals surface area contributed by atoms with E-state index in [0.717, 1.165) is 6.16 Å². The van der Waals surface area contributed by atoms with Crippen molar-refractivity contribution in [2.45, 2.75) is 6.16 Å². The first-order chi connectivity index (χ1) is 12.9. The van der Waals surface area contributed by atoms with E-state index in [2.05, 4.69) is 121 Å². The van der Waals surface area contributed by atoms with E-state index in [4.69, 9.17) is 0 Å². The van der Waals surface area contributed by atoms with Crippen LogP contribution in [-0.2, 0) is 6.16 Å². The van der Waals surface area contributed by atoms with Crippen LogP contribution < -0.4 is 15.9 Å². The quantitative estimate of drug-likeness (QED) is 0.385.